The summed E-state index contributed by atoms with van der Waals surface area (Å²) in [6, 6.07) is 0. The fourth-order valence-electron chi connectivity index (χ4n) is 5.14. The summed E-state index contributed by atoms with van der Waals surface area (Å²) in [6.45, 7) is 0. The van der Waals surface area contributed by atoms with Crippen molar-refractivity contribution >= 4 is 23.9 Å². The van der Waals surface area contributed by atoms with Gasteiger partial charge in [-0.1, -0.05) is 0 Å². The molecule has 4 aliphatic rings. The number of aliphatic carboxylic acids is 4. The van der Waals surface area contributed by atoms with E-state index in [4.69, 9.17) is 33.5 Å². The molecule has 24 heteroatoms. The molecular weight excluding hydrogens is 672 g/mol. The molecule has 0 spiro atoms. The normalized spacial score (nSPS) is 46.6. The minimum Gasteiger partial charge on any atom is -0.479 e. The smallest absolute Gasteiger partial charge is 0.371 e. The topological polar surface area (TPSA) is 396 Å². The van der Waals surface area contributed by atoms with Crippen LogP contribution in [0.5, 0.6) is 0 Å². The van der Waals surface area contributed by atoms with Crippen LogP contribution < -0.4 is 0 Å². The van der Waals surface area contributed by atoms with E-state index in [1.807, 2.05) is 0 Å². The SMILES string of the molecule is O=C(O)C1=C[C@H](O)[C@H](O)[C@H](O[C@H]2[C@H](O)[C@H](O)[C@H](O[C@H]3[C@H](O)[C@H](O)[C@H](O[C@H]4[C@H](O)[C@H](O)[C@@H](O)O[C@@H]4C(=O)O)O[C@H]3C(=O)O)O[C@@H]2C(=O)O)O1. The van der Waals surface area contributed by atoms with Crippen LogP contribution in [0.2, 0.25) is 0 Å². The molecule has 18 atom stereocenters. The quantitative estimate of drug-likeness (QED) is 0.100. The maximum Gasteiger partial charge on any atom is 0.371 e. The average Bonchev–Trinajstić information content (AvgIpc) is 3.01. The predicted molar refractivity (Wildman–Crippen MR) is 134 cm³/mol. The van der Waals surface area contributed by atoms with E-state index in [-0.39, 0.29) is 0 Å². The number of carboxylic acids is 4. The summed E-state index contributed by atoms with van der Waals surface area (Å²) in [4.78, 5) is 47.0. The molecule has 24 nitrogen and oxygen atoms in total. The molecule has 48 heavy (non-hydrogen) atoms. The first-order valence-corrected chi connectivity index (χ1v) is 13.7. The molecule has 0 aromatic heterocycles. The van der Waals surface area contributed by atoms with Gasteiger partial charge in [0.15, 0.2) is 37.2 Å². The van der Waals surface area contributed by atoms with E-state index in [9.17, 15) is 80.5 Å². The van der Waals surface area contributed by atoms with Crippen molar-refractivity contribution in [1.82, 2.24) is 0 Å². The van der Waals surface area contributed by atoms with Gasteiger partial charge in [-0.25, -0.2) is 19.2 Å². The highest BCUT2D eigenvalue weighted by Gasteiger charge is 2.57. The molecule has 0 bridgehead atoms. The van der Waals surface area contributed by atoms with Crippen LogP contribution in [0.3, 0.4) is 0 Å². The third kappa shape index (κ3) is 7.37. The molecule has 0 radical (unpaired) electrons. The Morgan fingerprint density at radius 3 is 1.27 bits per heavy atom. The molecule has 13 N–H and O–H groups in total. The van der Waals surface area contributed by atoms with Crippen molar-refractivity contribution in [2.45, 2.75) is 111 Å². The van der Waals surface area contributed by atoms with E-state index in [0.717, 1.165) is 0 Å². The zero-order chi connectivity index (χ0) is 35.9. The molecule has 4 heterocycles. The van der Waals surface area contributed by atoms with E-state index in [0.29, 0.717) is 6.08 Å². The van der Waals surface area contributed by atoms with Crippen molar-refractivity contribution in [3.8, 4) is 0 Å². The van der Waals surface area contributed by atoms with E-state index < -0.39 is 140 Å². The molecule has 0 amide bonds. The Hall–Kier alpha value is -3.18. The Morgan fingerprint density at radius 1 is 0.500 bits per heavy atom. The fraction of sp³-hybridized carbons (Fsp3) is 0.750. The van der Waals surface area contributed by atoms with Crippen molar-refractivity contribution < 1.29 is 119 Å². The van der Waals surface area contributed by atoms with Gasteiger partial charge in [0.25, 0.3) is 0 Å². The molecule has 0 aliphatic carbocycles. The summed E-state index contributed by atoms with van der Waals surface area (Å²) in [6.07, 6.45) is -39.8. The first-order chi connectivity index (χ1) is 22.3. The van der Waals surface area contributed by atoms with Gasteiger partial charge in [0.2, 0.25) is 12.0 Å². The first kappa shape index (κ1) is 37.6. The van der Waals surface area contributed by atoms with Gasteiger partial charge in [0.05, 0.1) is 0 Å². The van der Waals surface area contributed by atoms with Gasteiger partial charge in [-0.05, 0) is 6.08 Å². The number of aliphatic hydroxyl groups is 9. The van der Waals surface area contributed by atoms with Crippen LogP contribution >= 0.6 is 0 Å². The lowest BCUT2D eigenvalue weighted by Crippen LogP contribution is -2.68. The summed E-state index contributed by atoms with van der Waals surface area (Å²) >= 11 is 0. The fourth-order valence-corrected chi connectivity index (χ4v) is 5.14. The Kier molecular flexibility index (Phi) is 11.6. The zero-order valence-corrected chi connectivity index (χ0v) is 23.8. The van der Waals surface area contributed by atoms with Gasteiger partial charge in [-0.2, -0.15) is 0 Å². The molecule has 0 aromatic rings. The summed E-state index contributed by atoms with van der Waals surface area (Å²) < 4.78 is 35.4. The van der Waals surface area contributed by atoms with Gasteiger partial charge >= 0.3 is 23.9 Å². The van der Waals surface area contributed by atoms with Gasteiger partial charge in [-0.15, -0.1) is 0 Å². The zero-order valence-electron chi connectivity index (χ0n) is 23.8. The molecule has 0 aromatic carbocycles. The number of rotatable bonds is 10. The Morgan fingerprint density at radius 2 is 0.875 bits per heavy atom. The highest BCUT2D eigenvalue weighted by molar-refractivity contribution is 5.84. The lowest BCUT2D eigenvalue weighted by atomic mass is 9.95. The van der Waals surface area contributed by atoms with E-state index in [2.05, 4.69) is 4.74 Å². The van der Waals surface area contributed by atoms with Gasteiger partial charge in [0, 0.05) is 0 Å². The Bertz CT molecular complexity index is 1240. The molecule has 4 rings (SSSR count). The first-order valence-electron chi connectivity index (χ1n) is 13.7. The third-order valence-corrected chi connectivity index (χ3v) is 7.66. The minimum atomic E-state index is -2.41. The molecular formula is C24H32O24. The number of carboxylic acid groups (broad SMARTS) is 4. The van der Waals surface area contributed by atoms with Crippen LogP contribution in [0, 0.1) is 0 Å². The van der Waals surface area contributed by atoms with Crippen molar-refractivity contribution in [2.24, 2.45) is 0 Å². The largest absolute Gasteiger partial charge is 0.479 e. The number of carbonyl (C=O) groups is 4. The van der Waals surface area contributed by atoms with Crippen LogP contribution in [0.4, 0.5) is 0 Å². The van der Waals surface area contributed by atoms with Crippen LogP contribution in [0.25, 0.3) is 0 Å². The maximum absolute atomic E-state index is 12.1. The molecule has 3 fully saturated rings. The molecule has 0 unspecified atom stereocenters. The average molecular weight is 704 g/mol. The highest BCUT2D eigenvalue weighted by Crippen LogP contribution is 2.34. The lowest BCUT2D eigenvalue weighted by molar-refractivity contribution is -0.373. The van der Waals surface area contributed by atoms with Crippen molar-refractivity contribution in [1.29, 1.82) is 0 Å². The third-order valence-electron chi connectivity index (χ3n) is 7.66. The van der Waals surface area contributed by atoms with Crippen molar-refractivity contribution in [3.05, 3.63) is 11.8 Å². The Labute approximate surface area is 265 Å². The predicted octanol–water partition coefficient (Wildman–Crippen LogP) is -8.23. The number of hydrogen-bond acceptors (Lipinski definition) is 20. The molecule has 0 saturated carbocycles. The van der Waals surface area contributed by atoms with Crippen molar-refractivity contribution in [2.75, 3.05) is 0 Å². The minimum absolute atomic E-state index is 0.595. The van der Waals surface area contributed by atoms with Crippen LogP contribution in [-0.4, -0.2) is 201 Å². The molecule has 4 aliphatic heterocycles. The van der Waals surface area contributed by atoms with E-state index in [1.165, 1.54) is 0 Å². The van der Waals surface area contributed by atoms with E-state index >= 15 is 0 Å². The second-order valence-corrected chi connectivity index (χ2v) is 10.9. The number of ether oxygens (including phenoxy) is 7. The Balaban J connectivity index is 1.51. The van der Waals surface area contributed by atoms with Crippen LogP contribution in [0.1, 0.15) is 0 Å². The standard InChI is InChI=1S/C24H32O24/c25-2-1-3(17(33)34)42-22(4(2)26)44-12-6(28)9(31)24(47-15(12)19(37)38)46-13-7(29)10(32)23(48-16(13)20(39)40)45-11-5(27)8(30)21(41)43-14(11)18(35)36/h1-2,4-16,21-32,41H,(H,33,34)(H,35,36)(H,37,38)(H,39,40)/t2-,4-,5+,6+,7+,8-,9-,10-,11-,12-,13-,14-,15-,16+,21-,22-,23+,24+/m0/s1. The van der Waals surface area contributed by atoms with Gasteiger partial charge in [0.1, 0.15) is 67.1 Å². The second-order valence-electron chi connectivity index (χ2n) is 10.9. The summed E-state index contributed by atoms with van der Waals surface area (Å²) in [5, 5.41) is 131. The second kappa shape index (κ2) is 14.7. The lowest BCUT2D eigenvalue weighted by Gasteiger charge is -2.47. The van der Waals surface area contributed by atoms with Crippen LogP contribution in [-0.2, 0) is 52.3 Å². The molecule has 3 saturated heterocycles. The number of hydrogen-bond donors (Lipinski definition) is 13. The summed E-state index contributed by atoms with van der Waals surface area (Å²) in [5.74, 6) is -8.39. The number of aliphatic hydroxyl groups excluding tert-OH is 9. The monoisotopic (exact) mass is 704 g/mol. The summed E-state index contributed by atoms with van der Waals surface area (Å²) in [7, 11) is 0. The van der Waals surface area contributed by atoms with Gasteiger partial charge < -0.3 is 99.5 Å². The van der Waals surface area contributed by atoms with Crippen LogP contribution in [0.15, 0.2) is 11.8 Å². The van der Waals surface area contributed by atoms with E-state index in [1.54, 1.807) is 0 Å². The summed E-state index contributed by atoms with van der Waals surface area (Å²) in [5.41, 5.74) is 0. The highest BCUT2D eigenvalue weighted by atomic mass is 16.8. The van der Waals surface area contributed by atoms with Gasteiger partial charge in [-0.3, -0.25) is 0 Å². The maximum atomic E-state index is 12.1. The van der Waals surface area contributed by atoms with Crippen molar-refractivity contribution in [3.63, 3.8) is 0 Å². The molecule has 272 valence electrons.